The first kappa shape index (κ1) is 16.7. The number of hydrogen-bond acceptors (Lipinski definition) is 2. The molecule has 1 nitrogen and oxygen atoms in total. The van der Waals surface area contributed by atoms with Crippen molar-refractivity contribution in [1.82, 2.24) is 5.32 Å². The lowest BCUT2D eigenvalue weighted by molar-refractivity contribution is 0.570. The standard InChI is InChI=1S/C17H19Cl2NS/c1-3-10-20-12(2)13-4-6-14(7-5-13)21-15-8-9-16(18)17(19)11-15/h4-9,11-12,20H,3,10H2,1-2H3. The van der Waals surface area contributed by atoms with E-state index in [2.05, 4.69) is 43.4 Å². The molecule has 0 radical (unpaired) electrons. The SMILES string of the molecule is CCCNC(C)c1ccc(Sc2ccc(Cl)c(Cl)c2)cc1. The quantitative estimate of drug-likeness (QED) is 0.671. The Morgan fingerprint density at radius 3 is 2.29 bits per heavy atom. The van der Waals surface area contributed by atoms with Gasteiger partial charge in [-0.15, -0.1) is 0 Å². The molecular weight excluding hydrogens is 321 g/mol. The summed E-state index contributed by atoms with van der Waals surface area (Å²) in [5.41, 5.74) is 1.31. The van der Waals surface area contributed by atoms with Gasteiger partial charge in [-0.3, -0.25) is 0 Å². The second-order valence-electron chi connectivity index (χ2n) is 4.92. The predicted molar refractivity (Wildman–Crippen MR) is 93.7 cm³/mol. The second-order valence-corrected chi connectivity index (χ2v) is 6.88. The number of hydrogen-bond donors (Lipinski definition) is 1. The molecule has 0 fully saturated rings. The molecule has 0 aliphatic heterocycles. The molecule has 21 heavy (non-hydrogen) atoms. The molecule has 1 atom stereocenters. The lowest BCUT2D eigenvalue weighted by Gasteiger charge is -2.14. The summed E-state index contributed by atoms with van der Waals surface area (Å²) >= 11 is 13.7. The minimum Gasteiger partial charge on any atom is -0.310 e. The van der Waals surface area contributed by atoms with E-state index in [0.29, 0.717) is 16.1 Å². The van der Waals surface area contributed by atoms with Crippen LogP contribution in [0.1, 0.15) is 31.9 Å². The highest BCUT2D eigenvalue weighted by Crippen LogP contribution is 2.32. The van der Waals surface area contributed by atoms with Crippen LogP contribution in [0.3, 0.4) is 0 Å². The molecule has 0 aromatic heterocycles. The van der Waals surface area contributed by atoms with Crippen LogP contribution in [-0.4, -0.2) is 6.54 Å². The van der Waals surface area contributed by atoms with E-state index in [9.17, 15) is 0 Å². The first-order valence-corrected chi connectivity index (χ1v) is 8.63. The molecule has 1 N–H and O–H groups in total. The van der Waals surface area contributed by atoms with E-state index in [-0.39, 0.29) is 0 Å². The largest absolute Gasteiger partial charge is 0.310 e. The first-order chi connectivity index (χ1) is 10.1. The van der Waals surface area contributed by atoms with Crippen LogP contribution in [0.15, 0.2) is 52.3 Å². The average molecular weight is 340 g/mol. The Hall–Kier alpha value is -0.670. The Labute approximate surface area is 141 Å². The Kier molecular flexibility index (Phi) is 6.43. The second kappa shape index (κ2) is 8.09. The topological polar surface area (TPSA) is 12.0 Å². The van der Waals surface area contributed by atoms with Gasteiger partial charge in [0, 0.05) is 15.8 Å². The molecule has 0 amide bonds. The molecule has 112 valence electrons. The minimum absolute atomic E-state index is 0.383. The summed E-state index contributed by atoms with van der Waals surface area (Å²) < 4.78 is 0. The summed E-state index contributed by atoms with van der Waals surface area (Å²) in [6, 6.07) is 14.7. The van der Waals surface area contributed by atoms with Crippen molar-refractivity contribution >= 4 is 35.0 Å². The van der Waals surface area contributed by atoms with Gasteiger partial charge in [0.15, 0.2) is 0 Å². The Balaban J connectivity index is 2.03. The number of rotatable bonds is 6. The van der Waals surface area contributed by atoms with Gasteiger partial charge in [0.05, 0.1) is 10.0 Å². The zero-order valence-electron chi connectivity index (χ0n) is 12.2. The minimum atomic E-state index is 0.383. The molecule has 0 heterocycles. The maximum atomic E-state index is 6.04. The molecular formula is C17H19Cl2NS. The van der Waals surface area contributed by atoms with Gasteiger partial charge in [-0.2, -0.15) is 0 Å². The molecule has 2 rings (SSSR count). The van der Waals surface area contributed by atoms with Crippen LogP contribution >= 0.6 is 35.0 Å². The fourth-order valence-corrected chi connectivity index (χ4v) is 3.20. The number of benzene rings is 2. The molecule has 4 heteroatoms. The molecule has 0 bridgehead atoms. The van der Waals surface area contributed by atoms with Crippen molar-refractivity contribution in [2.24, 2.45) is 0 Å². The van der Waals surface area contributed by atoms with Gasteiger partial charge in [-0.25, -0.2) is 0 Å². The van der Waals surface area contributed by atoms with Crippen molar-refractivity contribution in [3.63, 3.8) is 0 Å². The zero-order valence-corrected chi connectivity index (χ0v) is 14.5. The van der Waals surface area contributed by atoms with Crippen molar-refractivity contribution in [2.75, 3.05) is 6.54 Å². The van der Waals surface area contributed by atoms with Gasteiger partial charge < -0.3 is 5.32 Å². The first-order valence-electron chi connectivity index (χ1n) is 7.06. The Morgan fingerprint density at radius 1 is 1.00 bits per heavy atom. The van der Waals surface area contributed by atoms with Gasteiger partial charge in [-0.05, 0) is 55.8 Å². The van der Waals surface area contributed by atoms with Crippen LogP contribution < -0.4 is 5.32 Å². The third kappa shape index (κ3) is 4.93. The zero-order chi connectivity index (χ0) is 15.2. The summed E-state index contributed by atoms with van der Waals surface area (Å²) in [6.07, 6.45) is 1.15. The smallest absolute Gasteiger partial charge is 0.0603 e. The van der Waals surface area contributed by atoms with Crippen LogP contribution in [-0.2, 0) is 0 Å². The highest BCUT2D eigenvalue weighted by Gasteiger charge is 2.05. The monoisotopic (exact) mass is 339 g/mol. The predicted octanol–water partition coefficient (Wildman–Crippen LogP) is 6.21. The number of halogens is 2. The molecule has 0 aliphatic carbocycles. The van der Waals surface area contributed by atoms with Gasteiger partial charge >= 0.3 is 0 Å². The lowest BCUT2D eigenvalue weighted by Crippen LogP contribution is -2.19. The van der Waals surface area contributed by atoms with E-state index in [1.165, 1.54) is 10.5 Å². The van der Waals surface area contributed by atoms with Crippen molar-refractivity contribution in [1.29, 1.82) is 0 Å². The van der Waals surface area contributed by atoms with E-state index in [4.69, 9.17) is 23.2 Å². The highest BCUT2D eigenvalue weighted by molar-refractivity contribution is 7.99. The van der Waals surface area contributed by atoms with E-state index >= 15 is 0 Å². The Morgan fingerprint density at radius 2 is 1.67 bits per heavy atom. The third-order valence-corrected chi connectivity index (χ3v) is 4.94. The van der Waals surface area contributed by atoms with E-state index in [1.54, 1.807) is 11.8 Å². The van der Waals surface area contributed by atoms with E-state index in [1.807, 2.05) is 18.2 Å². The van der Waals surface area contributed by atoms with Crippen LogP contribution in [0.5, 0.6) is 0 Å². The fourth-order valence-electron chi connectivity index (χ4n) is 1.98. The molecule has 2 aromatic rings. The van der Waals surface area contributed by atoms with Gasteiger partial charge in [-0.1, -0.05) is 54.0 Å². The van der Waals surface area contributed by atoms with Gasteiger partial charge in [0.2, 0.25) is 0 Å². The summed E-state index contributed by atoms with van der Waals surface area (Å²) in [6.45, 7) is 5.41. The molecule has 2 aromatic carbocycles. The molecule has 0 saturated heterocycles. The van der Waals surface area contributed by atoms with Gasteiger partial charge in [0.1, 0.15) is 0 Å². The van der Waals surface area contributed by atoms with Crippen LogP contribution in [0.2, 0.25) is 10.0 Å². The average Bonchev–Trinajstić information content (AvgIpc) is 2.49. The summed E-state index contributed by atoms with van der Waals surface area (Å²) in [5.74, 6) is 0. The molecule has 0 aliphatic rings. The fraction of sp³-hybridized carbons (Fsp3) is 0.294. The van der Waals surface area contributed by atoms with Crippen molar-refractivity contribution in [3.05, 3.63) is 58.1 Å². The van der Waals surface area contributed by atoms with Crippen molar-refractivity contribution in [2.45, 2.75) is 36.1 Å². The third-order valence-electron chi connectivity index (χ3n) is 3.21. The van der Waals surface area contributed by atoms with E-state index < -0.39 is 0 Å². The summed E-state index contributed by atoms with van der Waals surface area (Å²) in [7, 11) is 0. The van der Waals surface area contributed by atoms with Gasteiger partial charge in [0.25, 0.3) is 0 Å². The van der Waals surface area contributed by atoms with Crippen molar-refractivity contribution < 1.29 is 0 Å². The van der Waals surface area contributed by atoms with Crippen LogP contribution in [0.4, 0.5) is 0 Å². The normalized spacial score (nSPS) is 12.4. The van der Waals surface area contributed by atoms with E-state index in [0.717, 1.165) is 17.9 Å². The van der Waals surface area contributed by atoms with Crippen LogP contribution in [0.25, 0.3) is 0 Å². The maximum absolute atomic E-state index is 6.04. The Bertz CT molecular complexity index is 584. The summed E-state index contributed by atoms with van der Waals surface area (Å²) in [4.78, 5) is 2.29. The molecule has 1 unspecified atom stereocenters. The lowest BCUT2D eigenvalue weighted by atomic mass is 10.1. The number of nitrogens with one attached hydrogen (secondary N) is 1. The molecule has 0 spiro atoms. The maximum Gasteiger partial charge on any atom is 0.0603 e. The van der Waals surface area contributed by atoms with Crippen molar-refractivity contribution in [3.8, 4) is 0 Å². The summed E-state index contributed by atoms with van der Waals surface area (Å²) in [5, 5.41) is 4.68. The molecule has 0 saturated carbocycles. The highest BCUT2D eigenvalue weighted by atomic mass is 35.5. The van der Waals surface area contributed by atoms with Crippen LogP contribution in [0, 0.1) is 0 Å².